The largest absolute Gasteiger partial charge is 0.304 e. The molecule has 1 fully saturated rings. The van der Waals surface area contributed by atoms with Crippen LogP contribution >= 0.6 is 11.6 Å². The lowest BCUT2D eigenvalue weighted by Gasteiger charge is -2.36. The Balaban J connectivity index is 2.86. The van der Waals surface area contributed by atoms with Crippen LogP contribution < -0.4 is 5.32 Å². The molecule has 1 atom stereocenters. The lowest BCUT2D eigenvalue weighted by Crippen LogP contribution is -2.49. The Morgan fingerprint density at radius 3 is 3.19 bits per heavy atom. The first-order valence-electron chi connectivity index (χ1n) is 9.35. The van der Waals surface area contributed by atoms with E-state index >= 15 is 0 Å². The lowest BCUT2D eigenvalue weighted by atomic mass is 9.75. The van der Waals surface area contributed by atoms with E-state index in [-0.39, 0.29) is 19.3 Å². The van der Waals surface area contributed by atoms with Gasteiger partial charge < -0.3 is 5.32 Å². The summed E-state index contributed by atoms with van der Waals surface area (Å²) in [6.45, 7) is -2.86. The van der Waals surface area contributed by atoms with Crippen molar-refractivity contribution in [1.29, 1.82) is 0 Å². The van der Waals surface area contributed by atoms with Gasteiger partial charge in [0.2, 0.25) is 0 Å². The first-order valence-corrected chi connectivity index (χ1v) is 5.23. The number of hydrogen-bond donors (Lipinski definition) is 1. The molecule has 2 nitrogen and oxygen atoms in total. The maximum Gasteiger partial charge on any atom is 0.157 e. The average Bonchev–Trinajstić information content (AvgIpc) is 2.47. The smallest absolute Gasteiger partial charge is 0.157 e. The summed E-state index contributed by atoms with van der Waals surface area (Å²) in [5.74, 6) is -1.10. The number of likely N-dealkylation sites (N-methyl/N-ethyl adjacent to an activating group) is 1. The molecule has 0 heterocycles. The summed E-state index contributed by atoms with van der Waals surface area (Å²) in [5, 5.41) is 1.64. The molecule has 0 aliphatic heterocycles. The Kier molecular flexibility index (Phi) is 1.36. The van der Waals surface area contributed by atoms with E-state index in [2.05, 4.69) is 5.32 Å². The molecule has 1 aromatic carbocycles. The van der Waals surface area contributed by atoms with Crippen molar-refractivity contribution in [3.8, 4) is 0 Å². The first-order chi connectivity index (χ1) is 11.2. The number of halogens is 1. The molecule has 0 spiro atoms. The molecule has 0 amide bonds. The molecule has 0 radical (unpaired) electrons. The number of Topliss-reactive ketones (excluding diaryl/α,β-unsaturated/α-hetero) is 1. The molecule has 1 unspecified atom stereocenters. The van der Waals surface area contributed by atoms with Crippen LogP contribution in [0.2, 0.25) is 5.02 Å². The topological polar surface area (TPSA) is 29.1 Å². The molecule has 86 valence electrons. The Bertz CT molecular complexity index is 704. The van der Waals surface area contributed by atoms with Gasteiger partial charge in [-0.15, -0.1) is 0 Å². The Morgan fingerprint density at radius 1 is 1.56 bits per heavy atom. The highest BCUT2D eigenvalue weighted by molar-refractivity contribution is 6.31. The SMILES string of the molecule is [2H]c1c([2H])c([2H])c(C2(NC([2H])([2H])[2H])CCCC([2H])([2H])C2=O)c(Cl)c1[2H]. The zero-order chi connectivity index (χ0) is 19.4. The second-order valence-corrected chi connectivity index (χ2v) is 3.96. The van der Waals surface area contributed by atoms with Gasteiger partial charge in [0.05, 0.1) is 5.48 Å². The number of nitrogens with one attached hydrogen (secondary N) is 1. The summed E-state index contributed by atoms with van der Waals surface area (Å²) < 4.78 is 69.5. The van der Waals surface area contributed by atoms with Crippen molar-refractivity contribution in [2.24, 2.45) is 0 Å². The van der Waals surface area contributed by atoms with E-state index in [1.807, 2.05) is 0 Å². The van der Waals surface area contributed by atoms with Crippen LogP contribution in [0.4, 0.5) is 0 Å². The Hall–Kier alpha value is -0.860. The van der Waals surface area contributed by atoms with Crippen LogP contribution in [-0.4, -0.2) is 12.8 Å². The minimum atomic E-state index is -2.86. The molecular weight excluding hydrogens is 222 g/mol. The molecule has 2 rings (SSSR count). The minimum absolute atomic E-state index is 0.112. The monoisotopic (exact) mass is 246 g/mol. The molecule has 1 N–H and O–H groups in total. The van der Waals surface area contributed by atoms with Crippen LogP contribution in [0.15, 0.2) is 24.2 Å². The normalized spacial score (nSPS) is 37.8. The molecule has 1 aromatic rings. The fourth-order valence-electron chi connectivity index (χ4n) is 1.83. The second-order valence-electron chi connectivity index (χ2n) is 3.58. The van der Waals surface area contributed by atoms with Crippen molar-refractivity contribution >= 4 is 17.4 Å². The van der Waals surface area contributed by atoms with Crippen LogP contribution in [0.3, 0.4) is 0 Å². The van der Waals surface area contributed by atoms with Crippen LogP contribution in [0.25, 0.3) is 0 Å². The van der Waals surface area contributed by atoms with Crippen molar-refractivity contribution < 1.29 is 17.1 Å². The average molecular weight is 247 g/mol. The van der Waals surface area contributed by atoms with Crippen molar-refractivity contribution in [3.63, 3.8) is 0 Å². The van der Waals surface area contributed by atoms with Gasteiger partial charge in [-0.25, -0.2) is 0 Å². The third-order valence-electron chi connectivity index (χ3n) is 2.68. The van der Waals surface area contributed by atoms with Crippen LogP contribution in [0, 0.1) is 0 Å². The summed E-state index contributed by atoms with van der Waals surface area (Å²) in [6.07, 6.45) is -2.47. The third kappa shape index (κ3) is 1.76. The molecule has 0 saturated heterocycles. The number of rotatable bonds is 2. The molecule has 1 saturated carbocycles. The van der Waals surface area contributed by atoms with Crippen molar-refractivity contribution in [1.82, 2.24) is 5.32 Å². The van der Waals surface area contributed by atoms with Crippen LogP contribution in [-0.2, 0) is 10.3 Å². The zero-order valence-corrected chi connectivity index (χ0v) is 9.16. The highest BCUT2D eigenvalue weighted by atomic mass is 35.5. The standard InChI is InChI=1S/C13H16ClNO/c1-15-13(9-5-4-8-12(13)16)10-6-2-3-7-11(10)14/h2-3,6-7,15H,4-5,8-9H2,1H3/i1D3,2D,3D,6D,7D,8D2. The third-order valence-corrected chi connectivity index (χ3v) is 2.97. The van der Waals surface area contributed by atoms with E-state index in [4.69, 9.17) is 23.9 Å². The fraction of sp³-hybridized carbons (Fsp3) is 0.462. The lowest BCUT2D eigenvalue weighted by molar-refractivity contribution is -0.127. The number of hydrogen-bond acceptors (Lipinski definition) is 2. The zero-order valence-electron chi connectivity index (χ0n) is 17.4. The van der Waals surface area contributed by atoms with Crippen molar-refractivity contribution in [2.45, 2.75) is 31.2 Å². The van der Waals surface area contributed by atoms with Crippen LogP contribution in [0.1, 0.15) is 43.5 Å². The Labute approximate surface area is 114 Å². The van der Waals surface area contributed by atoms with E-state index in [9.17, 15) is 4.79 Å². The van der Waals surface area contributed by atoms with Gasteiger partial charge in [0, 0.05) is 18.2 Å². The predicted molar refractivity (Wildman–Crippen MR) is 65.7 cm³/mol. The van der Waals surface area contributed by atoms with E-state index in [1.165, 1.54) is 0 Å². The van der Waals surface area contributed by atoms with E-state index in [0.717, 1.165) is 0 Å². The maximum atomic E-state index is 12.9. The van der Waals surface area contributed by atoms with Gasteiger partial charge in [-0.3, -0.25) is 4.79 Å². The van der Waals surface area contributed by atoms with Gasteiger partial charge in [0.15, 0.2) is 5.78 Å². The molecule has 0 aromatic heterocycles. The van der Waals surface area contributed by atoms with Crippen LogP contribution in [0.5, 0.6) is 0 Å². The molecule has 1 aliphatic rings. The molecule has 0 bridgehead atoms. The van der Waals surface area contributed by atoms with Gasteiger partial charge in [-0.1, -0.05) is 36.1 Å². The second kappa shape index (κ2) is 4.56. The molecule has 1 aliphatic carbocycles. The highest BCUT2D eigenvalue weighted by Crippen LogP contribution is 2.37. The van der Waals surface area contributed by atoms with Gasteiger partial charge in [-0.05, 0) is 31.4 Å². The Morgan fingerprint density at radius 2 is 2.38 bits per heavy atom. The summed E-state index contributed by atoms with van der Waals surface area (Å²) >= 11 is 6.08. The number of ketones is 1. The number of benzene rings is 1. The molecular formula is C13H16ClNO. The predicted octanol–water partition coefficient (Wildman–Crippen LogP) is 2.90. The molecule has 3 heteroatoms. The van der Waals surface area contributed by atoms with Crippen molar-refractivity contribution in [3.05, 3.63) is 34.8 Å². The molecule has 16 heavy (non-hydrogen) atoms. The number of carbonyl (C=O) groups is 1. The maximum absolute atomic E-state index is 12.9. The summed E-state index contributed by atoms with van der Waals surface area (Å²) in [6, 6.07) is -2.55. The van der Waals surface area contributed by atoms with E-state index < -0.39 is 59.4 Å². The summed E-state index contributed by atoms with van der Waals surface area (Å²) in [7, 11) is 0. The van der Waals surface area contributed by atoms with E-state index in [1.54, 1.807) is 0 Å². The fourth-order valence-corrected chi connectivity index (χ4v) is 2.09. The van der Waals surface area contributed by atoms with E-state index in [0.29, 0.717) is 0 Å². The first kappa shape index (κ1) is 4.79. The van der Waals surface area contributed by atoms with Gasteiger partial charge in [0.1, 0.15) is 5.54 Å². The van der Waals surface area contributed by atoms with Gasteiger partial charge in [-0.2, -0.15) is 0 Å². The summed E-state index contributed by atoms with van der Waals surface area (Å²) in [5.41, 5.74) is -2.59. The summed E-state index contributed by atoms with van der Waals surface area (Å²) in [4.78, 5) is 12.9. The minimum Gasteiger partial charge on any atom is -0.304 e. The number of carbonyl (C=O) groups excluding carboxylic acids is 1. The van der Waals surface area contributed by atoms with Crippen molar-refractivity contribution in [2.75, 3.05) is 6.98 Å². The van der Waals surface area contributed by atoms with Gasteiger partial charge in [0.25, 0.3) is 0 Å². The van der Waals surface area contributed by atoms with Gasteiger partial charge >= 0.3 is 0 Å². The quantitative estimate of drug-likeness (QED) is 0.870. The highest BCUT2D eigenvalue weighted by Gasteiger charge is 2.40.